The molecule has 29 heavy (non-hydrogen) atoms. The fraction of sp³-hybridized carbons (Fsp3) is 0.522. The molecule has 6 nitrogen and oxygen atoms in total. The van der Waals surface area contributed by atoms with E-state index in [0.29, 0.717) is 6.61 Å². The Hall–Kier alpha value is -2.47. The SMILES string of the molecule is Cc1nc2c(c(N3CCC(NC(=O)COCc4ccccc4)CC3)n1)CCCC2. The summed E-state index contributed by atoms with van der Waals surface area (Å²) in [5.74, 6) is 1.96. The highest BCUT2D eigenvalue weighted by molar-refractivity contribution is 5.77. The van der Waals surface area contributed by atoms with Crippen molar-refractivity contribution in [2.75, 3.05) is 24.6 Å². The molecule has 0 atom stereocenters. The lowest BCUT2D eigenvalue weighted by Crippen LogP contribution is -2.46. The number of fused-ring (bicyclic) bond motifs is 1. The van der Waals surface area contributed by atoms with E-state index < -0.39 is 0 Å². The number of nitrogens with zero attached hydrogens (tertiary/aromatic N) is 3. The number of hydrogen-bond donors (Lipinski definition) is 1. The number of piperidine rings is 1. The third-order valence-electron chi connectivity index (χ3n) is 5.78. The summed E-state index contributed by atoms with van der Waals surface area (Å²) < 4.78 is 5.55. The number of ether oxygens (including phenoxy) is 1. The minimum atomic E-state index is -0.0327. The molecule has 2 aromatic rings. The molecular formula is C23H30N4O2. The molecule has 1 amide bonds. The van der Waals surface area contributed by atoms with Crippen LogP contribution in [0, 0.1) is 6.92 Å². The van der Waals surface area contributed by atoms with Gasteiger partial charge in [0.05, 0.1) is 6.61 Å². The first-order valence-corrected chi connectivity index (χ1v) is 10.7. The van der Waals surface area contributed by atoms with Crippen LogP contribution in [-0.4, -0.2) is 41.6 Å². The van der Waals surface area contributed by atoms with E-state index in [4.69, 9.17) is 9.72 Å². The minimum Gasteiger partial charge on any atom is -0.367 e. The third-order valence-corrected chi connectivity index (χ3v) is 5.78. The summed E-state index contributed by atoms with van der Waals surface area (Å²) in [5.41, 5.74) is 3.67. The molecule has 1 aliphatic heterocycles. The van der Waals surface area contributed by atoms with Gasteiger partial charge in [0.1, 0.15) is 18.2 Å². The van der Waals surface area contributed by atoms with Gasteiger partial charge >= 0.3 is 0 Å². The monoisotopic (exact) mass is 394 g/mol. The van der Waals surface area contributed by atoms with Crippen LogP contribution in [-0.2, 0) is 29.0 Å². The van der Waals surface area contributed by atoms with Crippen molar-refractivity contribution in [2.45, 2.75) is 58.1 Å². The normalized spacial score (nSPS) is 17.1. The standard InChI is InChI=1S/C23H30N4O2/c1-17-24-21-10-6-5-9-20(21)23(25-17)27-13-11-19(12-14-27)26-22(28)16-29-15-18-7-3-2-4-8-18/h2-4,7-8,19H,5-6,9-16H2,1H3,(H,26,28). The summed E-state index contributed by atoms with van der Waals surface area (Å²) in [5, 5.41) is 3.13. The Morgan fingerprint density at radius 1 is 1.14 bits per heavy atom. The molecule has 1 saturated heterocycles. The first-order valence-electron chi connectivity index (χ1n) is 10.7. The molecule has 0 radical (unpaired) electrons. The number of amides is 1. The van der Waals surface area contributed by atoms with Gasteiger partial charge in [0.15, 0.2) is 0 Å². The van der Waals surface area contributed by atoms with Gasteiger partial charge in [-0.3, -0.25) is 4.79 Å². The number of aryl methyl sites for hydroxylation is 2. The van der Waals surface area contributed by atoms with E-state index in [0.717, 1.165) is 56.0 Å². The first-order chi connectivity index (χ1) is 14.2. The topological polar surface area (TPSA) is 67.4 Å². The summed E-state index contributed by atoms with van der Waals surface area (Å²) >= 11 is 0. The fourth-order valence-electron chi connectivity index (χ4n) is 4.30. The van der Waals surface area contributed by atoms with Gasteiger partial charge in [0, 0.05) is 30.4 Å². The van der Waals surface area contributed by atoms with Crippen molar-refractivity contribution in [3.05, 3.63) is 53.0 Å². The van der Waals surface area contributed by atoms with Crippen LogP contribution in [0.15, 0.2) is 30.3 Å². The third kappa shape index (κ3) is 5.12. The van der Waals surface area contributed by atoms with Gasteiger partial charge in [-0.25, -0.2) is 9.97 Å². The number of anilines is 1. The van der Waals surface area contributed by atoms with Crippen molar-refractivity contribution in [3.63, 3.8) is 0 Å². The molecule has 6 heteroatoms. The van der Waals surface area contributed by atoms with E-state index in [9.17, 15) is 4.79 Å². The van der Waals surface area contributed by atoms with E-state index in [-0.39, 0.29) is 18.6 Å². The number of nitrogens with one attached hydrogen (secondary N) is 1. The van der Waals surface area contributed by atoms with Crippen molar-refractivity contribution in [1.82, 2.24) is 15.3 Å². The smallest absolute Gasteiger partial charge is 0.246 e. The molecule has 154 valence electrons. The summed E-state index contributed by atoms with van der Waals surface area (Å²) in [6.45, 7) is 4.39. The molecule has 1 aromatic carbocycles. The number of benzene rings is 1. The highest BCUT2D eigenvalue weighted by Gasteiger charge is 2.25. The zero-order valence-electron chi connectivity index (χ0n) is 17.2. The van der Waals surface area contributed by atoms with Crippen molar-refractivity contribution in [2.24, 2.45) is 0 Å². The molecule has 0 saturated carbocycles. The quantitative estimate of drug-likeness (QED) is 0.816. The Morgan fingerprint density at radius 3 is 2.69 bits per heavy atom. The summed E-state index contributed by atoms with van der Waals surface area (Å²) in [6.07, 6.45) is 6.47. The molecule has 4 rings (SSSR count). The largest absolute Gasteiger partial charge is 0.367 e. The van der Waals surface area contributed by atoms with Crippen molar-refractivity contribution in [1.29, 1.82) is 0 Å². The minimum absolute atomic E-state index is 0.0327. The molecule has 0 bridgehead atoms. The zero-order valence-corrected chi connectivity index (χ0v) is 17.2. The fourth-order valence-corrected chi connectivity index (χ4v) is 4.30. The maximum absolute atomic E-state index is 12.2. The van der Waals surface area contributed by atoms with Gasteiger partial charge in [-0.15, -0.1) is 0 Å². The summed E-state index contributed by atoms with van der Waals surface area (Å²) in [7, 11) is 0. The van der Waals surface area contributed by atoms with E-state index in [1.165, 1.54) is 24.1 Å². The van der Waals surface area contributed by atoms with Gasteiger partial charge in [-0.2, -0.15) is 0 Å². The van der Waals surface area contributed by atoms with Gasteiger partial charge in [0.2, 0.25) is 5.91 Å². The Bertz CT molecular complexity index is 832. The molecule has 2 heterocycles. The second-order valence-corrected chi connectivity index (χ2v) is 8.03. The lowest BCUT2D eigenvalue weighted by Gasteiger charge is -2.35. The molecule has 0 unspecified atom stereocenters. The maximum atomic E-state index is 12.2. The van der Waals surface area contributed by atoms with Crippen LogP contribution in [0.5, 0.6) is 0 Å². The predicted molar refractivity (Wildman–Crippen MR) is 113 cm³/mol. The Labute approximate surface area is 172 Å². The number of carbonyl (C=O) groups excluding carboxylic acids is 1. The Morgan fingerprint density at radius 2 is 1.90 bits per heavy atom. The predicted octanol–water partition coefficient (Wildman–Crippen LogP) is 2.97. The van der Waals surface area contributed by atoms with E-state index in [1.807, 2.05) is 37.3 Å². The van der Waals surface area contributed by atoms with Gasteiger partial charge in [-0.05, 0) is 51.0 Å². The lowest BCUT2D eigenvalue weighted by molar-refractivity contribution is -0.126. The molecule has 1 aliphatic carbocycles. The summed E-state index contributed by atoms with van der Waals surface area (Å²) in [4.78, 5) is 24.0. The first kappa shape index (κ1) is 19.8. The number of carbonyl (C=O) groups is 1. The van der Waals surface area contributed by atoms with Gasteiger partial charge < -0.3 is 15.0 Å². The van der Waals surface area contributed by atoms with Crippen molar-refractivity contribution in [3.8, 4) is 0 Å². The Kier molecular flexibility index (Phi) is 6.39. The molecule has 1 aromatic heterocycles. The Balaban J connectivity index is 1.25. The average Bonchev–Trinajstić information content (AvgIpc) is 2.74. The van der Waals surface area contributed by atoms with Gasteiger partial charge in [-0.1, -0.05) is 30.3 Å². The highest BCUT2D eigenvalue weighted by atomic mass is 16.5. The molecule has 0 spiro atoms. The van der Waals surface area contributed by atoms with Crippen LogP contribution in [0.25, 0.3) is 0 Å². The van der Waals surface area contributed by atoms with E-state index >= 15 is 0 Å². The van der Waals surface area contributed by atoms with Gasteiger partial charge in [0.25, 0.3) is 0 Å². The second kappa shape index (κ2) is 9.35. The van der Waals surface area contributed by atoms with Crippen LogP contribution in [0.1, 0.15) is 48.3 Å². The lowest BCUT2D eigenvalue weighted by atomic mass is 9.95. The van der Waals surface area contributed by atoms with Crippen LogP contribution in [0.4, 0.5) is 5.82 Å². The second-order valence-electron chi connectivity index (χ2n) is 8.03. The molecule has 1 N–H and O–H groups in total. The van der Waals surface area contributed by atoms with Crippen LogP contribution < -0.4 is 10.2 Å². The number of hydrogen-bond acceptors (Lipinski definition) is 5. The van der Waals surface area contributed by atoms with Crippen LogP contribution in [0.3, 0.4) is 0 Å². The van der Waals surface area contributed by atoms with Crippen molar-refractivity contribution >= 4 is 11.7 Å². The van der Waals surface area contributed by atoms with Crippen LogP contribution in [0.2, 0.25) is 0 Å². The number of rotatable bonds is 6. The molecular weight excluding hydrogens is 364 g/mol. The number of aromatic nitrogens is 2. The average molecular weight is 395 g/mol. The highest BCUT2D eigenvalue weighted by Crippen LogP contribution is 2.29. The van der Waals surface area contributed by atoms with E-state index in [1.54, 1.807) is 0 Å². The molecule has 2 aliphatic rings. The summed E-state index contributed by atoms with van der Waals surface area (Å²) in [6, 6.07) is 10.1. The molecule has 1 fully saturated rings. The zero-order chi connectivity index (χ0) is 20.1. The van der Waals surface area contributed by atoms with E-state index in [2.05, 4.69) is 15.2 Å². The maximum Gasteiger partial charge on any atom is 0.246 e. The van der Waals surface area contributed by atoms with Crippen LogP contribution >= 0.6 is 0 Å². The van der Waals surface area contributed by atoms with Crippen molar-refractivity contribution < 1.29 is 9.53 Å².